The lowest BCUT2D eigenvalue weighted by atomic mass is 10.1. The summed E-state index contributed by atoms with van der Waals surface area (Å²) >= 11 is 6.33. The van der Waals surface area contributed by atoms with E-state index in [2.05, 4.69) is 28.4 Å². The van der Waals surface area contributed by atoms with Crippen LogP contribution >= 0.6 is 11.6 Å². The first-order valence-electron chi connectivity index (χ1n) is 7.36. The van der Waals surface area contributed by atoms with Crippen LogP contribution in [-0.4, -0.2) is 40.4 Å². The lowest BCUT2D eigenvalue weighted by Gasteiger charge is -2.31. The SMILES string of the molecule is CC1CN(Cc2cn(C)nc2-c2ccccc2Cl)CCN1. The maximum atomic E-state index is 6.33. The zero-order chi connectivity index (χ0) is 14.8. The fourth-order valence-electron chi connectivity index (χ4n) is 2.93. The van der Waals surface area contributed by atoms with Crippen LogP contribution in [-0.2, 0) is 13.6 Å². The van der Waals surface area contributed by atoms with Crippen molar-refractivity contribution in [3.63, 3.8) is 0 Å². The van der Waals surface area contributed by atoms with Gasteiger partial charge in [-0.05, 0) is 13.0 Å². The molecule has 1 atom stereocenters. The van der Waals surface area contributed by atoms with Crippen LogP contribution in [0.5, 0.6) is 0 Å². The van der Waals surface area contributed by atoms with Gasteiger partial charge < -0.3 is 5.32 Å². The standard InChI is InChI=1S/C16H21ClN4/c1-12-9-21(8-7-18-12)11-13-10-20(2)19-16(13)14-5-3-4-6-15(14)17/h3-6,10,12,18H,7-9,11H2,1-2H3. The number of aryl methyl sites for hydroxylation is 1. The van der Waals surface area contributed by atoms with Crippen LogP contribution in [0.1, 0.15) is 12.5 Å². The van der Waals surface area contributed by atoms with Crippen LogP contribution in [0.4, 0.5) is 0 Å². The second kappa shape index (κ2) is 6.18. The Morgan fingerprint density at radius 2 is 2.19 bits per heavy atom. The Bertz CT molecular complexity index is 622. The van der Waals surface area contributed by atoms with E-state index in [9.17, 15) is 0 Å². The fourth-order valence-corrected chi connectivity index (χ4v) is 3.16. The van der Waals surface area contributed by atoms with Gasteiger partial charge in [0.05, 0.1) is 10.7 Å². The van der Waals surface area contributed by atoms with Crippen LogP contribution in [0.15, 0.2) is 30.5 Å². The van der Waals surface area contributed by atoms with Gasteiger partial charge in [0.15, 0.2) is 0 Å². The molecule has 112 valence electrons. The van der Waals surface area contributed by atoms with E-state index in [4.69, 9.17) is 11.6 Å². The quantitative estimate of drug-likeness (QED) is 0.946. The summed E-state index contributed by atoms with van der Waals surface area (Å²) in [5.41, 5.74) is 3.24. The molecule has 1 unspecified atom stereocenters. The van der Waals surface area contributed by atoms with Crippen molar-refractivity contribution in [1.82, 2.24) is 20.0 Å². The van der Waals surface area contributed by atoms with Gasteiger partial charge in [0.2, 0.25) is 0 Å². The van der Waals surface area contributed by atoms with Crippen molar-refractivity contribution in [3.8, 4) is 11.3 Å². The number of aromatic nitrogens is 2. The van der Waals surface area contributed by atoms with Gasteiger partial charge in [-0.1, -0.05) is 29.8 Å². The first-order chi connectivity index (χ1) is 10.1. The van der Waals surface area contributed by atoms with E-state index >= 15 is 0 Å². The highest BCUT2D eigenvalue weighted by Gasteiger charge is 2.19. The molecule has 3 rings (SSSR count). The summed E-state index contributed by atoms with van der Waals surface area (Å²) in [7, 11) is 1.96. The Balaban J connectivity index is 1.88. The van der Waals surface area contributed by atoms with Crippen molar-refractivity contribution in [1.29, 1.82) is 0 Å². The normalized spacial score (nSPS) is 19.9. The third kappa shape index (κ3) is 3.28. The molecule has 0 amide bonds. The fraction of sp³-hybridized carbons (Fsp3) is 0.438. The first-order valence-corrected chi connectivity index (χ1v) is 7.74. The van der Waals surface area contributed by atoms with Gasteiger partial charge in [0, 0.05) is 56.6 Å². The molecule has 0 bridgehead atoms. The Kier molecular flexibility index (Phi) is 4.29. The molecule has 5 heteroatoms. The average molecular weight is 305 g/mol. The van der Waals surface area contributed by atoms with E-state index < -0.39 is 0 Å². The Morgan fingerprint density at radius 1 is 1.38 bits per heavy atom. The molecule has 21 heavy (non-hydrogen) atoms. The van der Waals surface area contributed by atoms with Gasteiger partial charge in [-0.25, -0.2) is 0 Å². The van der Waals surface area contributed by atoms with Crippen molar-refractivity contribution < 1.29 is 0 Å². The predicted molar refractivity (Wildman–Crippen MR) is 86.4 cm³/mol. The molecule has 2 heterocycles. The van der Waals surface area contributed by atoms with Crippen LogP contribution in [0.25, 0.3) is 11.3 Å². The van der Waals surface area contributed by atoms with Gasteiger partial charge >= 0.3 is 0 Å². The number of rotatable bonds is 3. The van der Waals surface area contributed by atoms with Crippen LogP contribution in [0.3, 0.4) is 0 Å². The molecule has 1 aromatic heterocycles. The molecule has 1 fully saturated rings. The molecule has 0 aliphatic carbocycles. The summed E-state index contributed by atoms with van der Waals surface area (Å²) in [6.07, 6.45) is 2.10. The minimum atomic E-state index is 0.541. The predicted octanol–water partition coefficient (Wildman–Crippen LogP) is 2.53. The second-order valence-electron chi connectivity index (χ2n) is 5.75. The number of benzene rings is 1. The molecule has 0 spiro atoms. The number of nitrogens with zero attached hydrogens (tertiary/aromatic N) is 3. The van der Waals surface area contributed by atoms with Gasteiger partial charge in [0.1, 0.15) is 0 Å². The maximum Gasteiger partial charge on any atom is 0.0983 e. The van der Waals surface area contributed by atoms with Crippen LogP contribution in [0, 0.1) is 0 Å². The van der Waals surface area contributed by atoms with Crippen molar-refractivity contribution in [2.45, 2.75) is 19.5 Å². The van der Waals surface area contributed by atoms with E-state index in [0.717, 1.165) is 42.5 Å². The first kappa shape index (κ1) is 14.6. The zero-order valence-electron chi connectivity index (χ0n) is 12.5. The number of piperazine rings is 1. The van der Waals surface area contributed by atoms with Gasteiger partial charge in [-0.2, -0.15) is 5.10 Å². The van der Waals surface area contributed by atoms with Gasteiger partial charge in [-0.3, -0.25) is 9.58 Å². The van der Waals surface area contributed by atoms with E-state index in [1.54, 1.807) is 0 Å². The molecule has 1 aliphatic heterocycles. The summed E-state index contributed by atoms with van der Waals surface area (Å²) in [5.74, 6) is 0. The molecular formula is C16H21ClN4. The molecule has 4 nitrogen and oxygen atoms in total. The van der Waals surface area contributed by atoms with E-state index in [1.807, 2.05) is 36.0 Å². The lowest BCUT2D eigenvalue weighted by Crippen LogP contribution is -2.48. The van der Waals surface area contributed by atoms with Crippen molar-refractivity contribution in [2.75, 3.05) is 19.6 Å². The molecule has 2 aromatic rings. The summed E-state index contributed by atoms with van der Waals surface area (Å²) in [6.45, 7) is 6.33. The Labute approximate surface area is 130 Å². The summed E-state index contributed by atoms with van der Waals surface area (Å²) < 4.78 is 1.87. The molecule has 1 N–H and O–H groups in total. The smallest absolute Gasteiger partial charge is 0.0983 e. The van der Waals surface area contributed by atoms with Crippen molar-refractivity contribution in [2.24, 2.45) is 7.05 Å². The third-order valence-corrected chi connectivity index (χ3v) is 4.21. The molecule has 1 saturated heterocycles. The molecule has 0 radical (unpaired) electrons. The third-order valence-electron chi connectivity index (χ3n) is 3.88. The number of hydrogen-bond donors (Lipinski definition) is 1. The summed E-state index contributed by atoms with van der Waals surface area (Å²) in [5, 5.41) is 8.85. The monoisotopic (exact) mass is 304 g/mol. The highest BCUT2D eigenvalue weighted by atomic mass is 35.5. The van der Waals surface area contributed by atoms with E-state index in [0.29, 0.717) is 6.04 Å². The highest BCUT2D eigenvalue weighted by molar-refractivity contribution is 6.33. The van der Waals surface area contributed by atoms with Crippen LogP contribution in [0.2, 0.25) is 5.02 Å². The average Bonchev–Trinajstić information content (AvgIpc) is 2.80. The maximum absolute atomic E-state index is 6.33. The highest BCUT2D eigenvalue weighted by Crippen LogP contribution is 2.29. The van der Waals surface area contributed by atoms with Crippen LogP contribution < -0.4 is 5.32 Å². The topological polar surface area (TPSA) is 33.1 Å². The minimum absolute atomic E-state index is 0.541. The minimum Gasteiger partial charge on any atom is -0.312 e. The van der Waals surface area contributed by atoms with Crippen molar-refractivity contribution in [3.05, 3.63) is 41.0 Å². The number of halogens is 1. The largest absolute Gasteiger partial charge is 0.312 e. The van der Waals surface area contributed by atoms with E-state index in [1.165, 1.54) is 5.56 Å². The molecule has 1 aromatic carbocycles. The molecular weight excluding hydrogens is 284 g/mol. The zero-order valence-corrected chi connectivity index (χ0v) is 13.3. The number of hydrogen-bond acceptors (Lipinski definition) is 3. The Hall–Kier alpha value is -1.36. The molecule has 0 saturated carbocycles. The Morgan fingerprint density at radius 3 is 2.95 bits per heavy atom. The van der Waals surface area contributed by atoms with Crippen molar-refractivity contribution >= 4 is 11.6 Å². The summed E-state index contributed by atoms with van der Waals surface area (Å²) in [4.78, 5) is 2.47. The van der Waals surface area contributed by atoms with Gasteiger partial charge in [0.25, 0.3) is 0 Å². The number of nitrogens with one attached hydrogen (secondary N) is 1. The molecule has 1 aliphatic rings. The van der Waals surface area contributed by atoms with Gasteiger partial charge in [-0.15, -0.1) is 0 Å². The summed E-state index contributed by atoms with van der Waals surface area (Å²) in [6, 6.07) is 8.45. The van der Waals surface area contributed by atoms with E-state index in [-0.39, 0.29) is 0 Å². The second-order valence-corrected chi connectivity index (χ2v) is 6.15. The lowest BCUT2D eigenvalue weighted by molar-refractivity contribution is 0.200.